The minimum absolute atomic E-state index is 0.0237. The summed E-state index contributed by atoms with van der Waals surface area (Å²) >= 11 is 1.15. The molecule has 0 aliphatic heterocycles. The summed E-state index contributed by atoms with van der Waals surface area (Å²) in [7, 11) is 1.85. The molecular weight excluding hydrogens is 242 g/mol. The van der Waals surface area contributed by atoms with Crippen molar-refractivity contribution in [2.45, 2.75) is 11.7 Å². The number of aryl methyl sites for hydroxylation is 1. The summed E-state index contributed by atoms with van der Waals surface area (Å²) in [4.78, 5) is 10.5. The number of hydrogen-bond acceptors (Lipinski definition) is 5. The number of carbonyl (C=O) groups is 1. The molecule has 0 aliphatic rings. The lowest BCUT2D eigenvalue weighted by molar-refractivity contribution is -0.133. The van der Waals surface area contributed by atoms with Crippen LogP contribution in [0.15, 0.2) is 23.7 Å². The Morgan fingerprint density at radius 1 is 1.59 bits per heavy atom. The van der Waals surface area contributed by atoms with E-state index in [2.05, 4.69) is 15.3 Å². The van der Waals surface area contributed by atoms with Crippen molar-refractivity contribution in [2.24, 2.45) is 7.05 Å². The molecule has 0 aromatic carbocycles. The topological polar surface area (TPSA) is 85.8 Å². The van der Waals surface area contributed by atoms with Crippen LogP contribution in [0.2, 0.25) is 0 Å². The maximum absolute atomic E-state index is 10.5. The Bertz CT molecular complexity index is 521. The standard InChI is InChI=1S/C9H11N5O2S/c1-13-7(2-3-11-13)4-14-6-10-12-9(14)17-5-8(15)16/h2-3,6H,4-5H2,1H3,(H,15,16). The maximum atomic E-state index is 10.5. The molecule has 90 valence electrons. The zero-order chi connectivity index (χ0) is 12.3. The van der Waals surface area contributed by atoms with Gasteiger partial charge in [0.05, 0.1) is 18.0 Å². The molecule has 2 heterocycles. The summed E-state index contributed by atoms with van der Waals surface area (Å²) in [5.41, 5.74) is 1.00. The molecule has 2 aromatic heterocycles. The predicted molar refractivity (Wildman–Crippen MR) is 60.7 cm³/mol. The first-order valence-corrected chi connectivity index (χ1v) is 5.84. The summed E-state index contributed by atoms with van der Waals surface area (Å²) in [6.45, 7) is 0.575. The Labute approximate surface area is 101 Å². The largest absolute Gasteiger partial charge is 0.481 e. The van der Waals surface area contributed by atoms with E-state index in [0.717, 1.165) is 17.5 Å². The highest BCUT2D eigenvalue weighted by molar-refractivity contribution is 7.99. The summed E-state index contributed by atoms with van der Waals surface area (Å²) in [5.74, 6) is -0.894. The lowest BCUT2D eigenvalue weighted by Crippen LogP contribution is -2.07. The van der Waals surface area contributed by atoms with E-state index < -0.39 is 5.97 Å². The molecule has 0 unspecified atom stereocenters. The number of nitrogens with zero attached hydrogens (tertiary/aromatic N) is 5. The van der Waals surface area contributed by atoms with Crippen molar-refractivity contribution in [3.63, 3.8) is 0 Å². The summed E-state index contributed by atoms with van der Waals surface area (Å²) in [6.07, 6.45) is 3.29. The molecular formula is C9H11N5O2S. The van der Waals surface area contributed by atoms with Crippen LogP contribution in [0.3, 0.4) is 0 Å². The molecule has 8 heteroatoms. The fourth-order valence-corrected chi connectivity index (χ4v) is 1.96. The fourth-order valence-electron chi connectivity index (χ4n) is 1.32. The third-order valence-electron chi connectivity index (χ3n) is 2.16. The van der Waals surface area contributed by atoms with E-state index in [1.807, 2.05) is 13.1 Å². The third-order valence-corrected chi connectivity index (χ3v) is 3.13. The Morgan fingerprint density at radius 3 is 3.06 bits per heavy atom. The second-order valence-electron chi connectivity index (χ2n) is 3.37. The first-order valence-electron chi connectivity index (χ1n) is 4.86. The smallest absolute Gasteiger partial charge is 0.313 e. The monoisotopic (exact) mass is 253 g/mol. The minimum atomic E-state index is -0.870. The first-order chi connectivity index (χ1) is 8.16. The van der Waals surface area contributed by atoms with Crippen LogP contribution in [0, 0.1) is 0 Å². The first kappa shape index (κ1) is 11.6. The normalized spacial score (nSPS) is 10.6. The van der Waals surface area contributed by atoms with Crippen LogP contribution in [0.5, 0.6) is 0 Å². The van der Waals surface area contributed by atoms with Gasteiger partial charge in [-0.25, -0.2) is 0 Å². The van der Waals surface area contributed by atoms with Gasteiger partial charge in [0, 0.05) is 13.2 Å². The highest BCUT2D eigenvalue weighted by atomic mass is 32.2. The van der Waals surface area contributed by atoms with E-state index in [1.165, 1.54) is 0 Å². The molecule has 0 saturated carbocycles. The lowest BCUT2D eigenvalue weighted by Gasteiger charge is -2.05. The Kier molecular flexibility index (Phi) is 3.43. The molecule has 0 fully saturated rings. The summed E-state index contributed by atoms with van der Waals surface area (Å²) < 4.78 is 3.55. The molecule has 0 amide bonds. The molecule has 2 rings (SSSR count). The van der Waals surface area contributed by atoms with Crippen LogP contribution < -0.4 is 0 Å². The van der Waals surface area contributed by atoms with E-state index >= 15 is 0 Å². The molecule has 0 spiro atoms. The van der Waals surface area contributed by atoms with Gasteiger partial charge >= 0.3 is 5.97 Å². The molecule has 7 nitrogen and oxygen atoms in total. The lowest BCUT2D eigenvalue weighted by atomic mass is 10.4. The van der Waals surface area contributed by atoms with Gasteiger partial charge < -0.3 is 9.67 Å². The third kappa shape index (κ3) is 2.84. The SMILES string of the molecule is Cn1nccc1Cn1cnnc1SCC(=O)O. The van der Waals surface area contributed by atoms with Crippen molar-refractivity contribution >= 4 is 17.7 Å². The van der Waals surface area contributed by atoms with Crippen LogP contribution in [-0.2, 0) is 18.4 Å². The van der Waals surface area contributed by atoms with Gasteiger partial charge in [-0.1, -0.05) is 11.8 Å². The number of rotatable bonds is 5. The van der Waals surface area contributed by atoms with Crippen molar-refractivity contribution in [2.75, 3.05) is 5.75 Å². The van der Waals surface area contributed by atoms with Crippen LogP contribution in [-0.4, -0.2) is 41.4 Å². The van der Waals surface area contributed by atoms with Crippen LogP contribution in [0.1, 0.15) is 5.69 Å². The van der Waals surface area contributed by atoms with Gasteiger partial charge in [0.2, 0.25) is 0 Å². The zero-order valence-electron chi connectivity index (χ0n) is 9.15. The van der Waals surface area contributed by atoms with Gasteiger partial charge in [0.15, 0.2) is 5.16 Å². The number of carboxylic acid groups (broad SMARTS) is 1. The van der Waals surface area contributed by atoms with Gasteiger partial charge in [-0.05, 0) is 6.07 Å². The maximum Gasteiger partial charge on any atom is 0.313 e. The van der Waals surface area contributed by atoms with Gasteiger partial charge in [-0.3, -0.25) is 9.48 Å². The minimum Gasteiger partial charge on any atom is -0.481 e. The zero-order valence-corrected chi connectivity index (χ0v) is 9.96. The second-order valence-corrected chi connectivity index (χ2v) is 4.31. The highest BCUT2D eigenvalue weighted by Gasteiger charge is 2.09. The van der Waals surface area contributed by atoms with Gasteiger partial charge in [-0.15, -0.1) is 10.2 Å². The van der Waals surface area contributed by atoms with E-state index in [-0.39, 0.29) is 5.75 Å². The number of aromatic nitrogens is 5. The van der Waals surface area contributed by atoms with Crippen LogP contribution in [0.25, 0.3) is 0 Å². The van der Waals surface area contributed by atoms with Crippen molar-refractivity contribution < 1.29 is 9.90 Å². The number of thioether (sulfide) groups is 1. The molecule has 0 saturated heterocycles. The van der Waals surface area contributed by atoms with Crippen molar-refractivity contribution in [1.82, 2.24) is 24.5 Å². The fraction of sp³-hybridized carbons (Fsp3) is 0.333. The van der Waals surface area contributed by atoms with E-state index in [4.69, 9.17) is 5.11 Å². The van der Waals surface area contributed by atoms with Crippen LogP contribution >= 0.6 is 11.8 Å². The Morgan fingerprint density at radius 2 is 2.41 bits per heavy atom. The summed E-state index contributed by atoms with van der Waals surface area (Å²) in [5, 5.41) is 20.9. The van der Waals surface area contributed by atoms with E-state index in [0.29, 0.717) is 11.7 Å². The number of aliphatic carboxylic acids is 1. The van der Waals surface area contributed by atoms with E-state index in [9.17, 15) is 4.79 Å². The molecule has 1 N–H and O–H groups in total. The van der Waals surface area contributed by atoms with Gasteiger partial charge in [0.25, 0.3) is 0 Å². The number of carboxylic acids is 1. The second kappa shape index (κ2) is 5.00. The molecule has 2 aromatic rings. The highest BCUT2D eigenvalue weighted by Crippen LogP contribution is 2.15. The average molecular weight is 253 g/mol. The molecule has 0 atom stereocenters. The van der Waals surface area contributed by atoms with Crippen molar-refractivity contribution in [1.29, 1.82) is 0 Å². The Balaban J connectivity index is 2.09. The number of hydrogen-bond donors (Lipinski definition) is 1. The van der Waals surface area contributed by atoms with E-state index in [1.54, 1.807) is 21.8 Å². The van der Waals surface area contributed by atoms with Gasteiger partial charge in [0.1, 0.15) is 6.33 Å². The molecule has 17 heavy (non-hydrogen) atoms. The molecule has 0 bridgehead atoms. The van der Waals surface area contributed by atoms with Crippen molar-refractivity contribution in [3.8, 4) is 0 Å². The quantitative estimate of drug-likeness (QED) is 0.768. The van der Waals surface area contributed by atoms with Crippen molar-refractivity contribution in [3.05, 3.63) is 24.3 Å². The average Bonchev–Trinajstić information content (AvgIpc) is 2.87. The van der Waals surface area contributed by atoms with Gasteiger partial charge in [-0.2, -0.15) is 5.10 Å². The van der Waals surface area contributed by atoms with Crippen LogP contribution in [0.4, 0.5) is 0 Å². The summed E-state index contributed by atoms with van der Waals surface area (Å²) in [6, 6.07) is 1.89. The molecule has 0 radical (unpaired) electrons. The predicted octanol–water partition coefficient (Wildman–Crippen LogP) is 0.237. The molecule has 0 aliphatic carbocycles. The Hall–Kier alpha value is -1.83.